The van der Waals surface area contributed by atoms with Crippen molar-refractivity contribution in [2.24, 2.45) is 13.0 Å². The molecule has 2 heteroatoms. The standard InChI is InChI=1S/C12H20N2/c1-3-7-13-12(10-4-5-10)11-6-8-14(2)9-11/h6,8-10,12-13H,3-5,7H2,1-2H3. The average Bonchev–Trinajstić information content (AvgIpc) is 2.91. The smallest absolute Gasteiger partial charge is 0.0363 e. The quantitative estimate of drug-likeness (QED) is 0.758. The van der Waals surface area contributed by atoms with Gasteiger partial charge in [0.1, 0.15) is 0 Å². The molecule has 0 amide bonds. The van der Waals surface area contributed by atoms with Crippen molar-refractivity contribution in [1.29, 1.82) is 0 Å². The predicted octanol–water partition coefficient (Wildman–Crippen LogP) is 2.48. The Bertz CT molecular complexity index is 286. The Labute approximate surface area is 86.3 Å². The molecule has 1 unspecified atom stereocenters. The summed E-state index contributed by atoms with van der Waals surface area (Å²) in [5.74, 6) is 0.893. The highest BCUT2D eigenvalue weighted by atomic mass is 15.0. The van der Waals surface area contributed by atoms with Crippen LogP contribution in [0.15, 0.2) is 18.5 Å². The van der Waals surface area contributed by atoms with Crippen LogP contribution in [0.25, 0.3) is 0 Å². The van der Waals surface area contributed by atoms with Crippen LogP contribution < -0.4 is 5.32 Å². The van der Waals surface area contributed by atoms with Crippen molar-refractivity contribution in [2.45, 2.75) is 32.2 Å². The lowest BCUT2D eigenvalue weighted by molar-refractivity contribution is 0.481. The maximum absolute atomic E-state index is 3.65. The molecule has 2 rings (SSSR count). The van der Waals surface area contributed by atoms with E-state index in [0.29, 0.717) is 6.04 Å². The maximum atomic E-state index is 3.65. The van der Waals surface area contributed by atoms with Crippen LogP contribution in [-0.2, 0) is 7.05 Å². The number of rotatable bonds is 5. The fraction of sp³-hybridized carbons (Fsp3) is 0.667. The number of aromatic nitrogens is 1. The first-order valence-electron chi connectivity index (χ1n) is 5.66. The van der Waals surface area contributed by atoms with Gasteiger partial charge in [-0.3, -0.25) is 0 Å². The molecule has 2 nitrogen and oxygen atoms in total. The summed E-state index contributed by atoms with van der Waals surface area (Å²) >= 11 is 0. The molecule has 1 fully saturated rings. The lowest BCUT2D eigenvalue weighted by Gasteiger charge is -2.16. The molecule has 1 N–H and O–H groups in total. The molecular formula is C12H20N2. The van der Waals surface area contributed by atoms with E-state index in [4.69, 9.17) is 0 Å². The van der Waals surface area contributed by atoms with Gasteiger partial charge < -0.3 is 9.88 Å². The van der Waals surface area contributed by atoms with Crippen LogP contribution >= 0.6 is 0 Å². The minimum Gasteiger partial charge on any atom is -0.357 e. The molecule has 1 atom stereocenters. The van der Waals surface area contributed by atoms with Crippen LogP contribution in [0.3, 0.4) is 0 Å². The molecule has 1 heterocycles. The van der Waals surface area contributed by atoms with Gasteiger partial charge in [-0.15, -0.1) is 0 Å². The van der Waals surface area contributed by atoms with E-state index in [1.54, 1.807) is 0 Å². The number of nitrogens with one attached hydrogen (secondary N) is 1. The van der Waals surface area contributed by atoms with Crippen LogP contribution in [0.1, 0.15) is 37.8 Å². The molecule has 1 saturated carbocycles. The second-order valence-corrected chi connectivity index (χ2v) is 4.38. The number of hydrogen-bond donors (Lipinski definition) is 1. The van der Waals surface area contributed by atoms with Gasteiger partial charge in [0.05, 0.1) is 0 Å². The van der Waals surface area contributed by atoms with E-state index in [1.807, 2.05) is 0 Å². The first-order chi connectivity index (χ1) is 6.81. The van der Waals surface area contributed by atoms with Crippen LogP contribution in [0.5, 0.6) is 0 Å². The van der Waals surface area contributed by atoms with E-state index in [9.17, 15) is 0 Å². The molecule has 14 heavy (non-hydrogen) atoms. The van der Waals surface area contributed by atoms with E-state index in [0.717, 1.165) is 12.5 Å². The third-order valence-corrected chi connectivity index (χ3v) is 2.92. The van der Waals surface area contributed by atoms with E-state index in [2.05, 4.69) is 42.3 Å². The summed E-state index contributed by atoms with van der Waals surface area (Å²) in [4.78, 5) is 0. The van der Waals surface area contributed by atoms with E-state index in [1.165, 1.54) is 24.8 Å². The zero-order chi connectivity index (χ0) is 9.97. The highest BCUT2D eigenvalue weighted by Crippen LogP contribution is 2.40. The van der Waals surface area contributed by atoms with E-state index < -0.39 is 0 Å². The summed E-state index contributed by atoms with van der Waals surface area (Å²) in [6.07, 6.45) is 8.40. The highest BCUT2D eigenvalue weighted by molar-refractivity contribution is 5.18. The number of hydrogen-bond acceptors (Lipinski definition) is 1. The molecule has 0 radical (unpaired) electrons. The lowest BCUT2D eigenvalue weighted by Crippen LogP contribution is -2.23. The van der Waals surface area contributed by atoms with Crippen molar-refractivity contribution in [3.8, 4) is 0 Å². The topological polar surface area (TPSA) is 17.0 Å². The molecule has 0 aromatic carbocycles. The zero-order valence-corrected chi connectivity index (χ0v) is 9.16. The third kappa shape index (κ3) is 2.18. The molecule has 1 aromatic rings. The SMILES string of the molecule is CCCNC(c1ccn(C)c1)C1CC1. The largest absolute Gasteiger partial charge is 0.357 e. The Hall–Kier alpha value is -0.760. The Morgan fingerprint density at radius 2 is 2.36 bits per heavy atom. The van der Waals surface area contributed by atoms with Crippen molar-refractivity contribution in [1.82, 2.24) is 9.88 Å². The first kappa shape index (κ1) is 9.78. The molecule has 1 aromatic heterocycles. The fourth-order valence-electron chi connectivity index (χ4n) is 1.99. The van der Waals surface area contributed by atoms with Crippen LogP contribution in [-0.4, -0.2) is 11.1 Å². The summed E-state index contributed by atoms with van der Waals surface area (Å²) in [5, 5.41) is 3.65. The summed E-state index contributed by atoms with van der Waals surface area (Å²) in [6, 6.07) is 2.85. The van der Waals surface area contributed by atoms with Crippen LogP contribution in [0.2, 0.25) is 0 Å². The normalized spacial score (nSPS) is 18.4. The van der Waals surface area contributed by atoms with E-state index >= 15 is 0 Å². The second-order valence-electron chi connectivity index (χ2n) is 4.38. The van der Waals surface area contributed by atoms with Crippen LogP contribution in [0, 0.1) is 5.92 Å². The summed E-state index contributed by atoms with van der Waals surface area (Å²) in [5.41, 5.74) is 1.46. The first-order valence-corrected chi connectivity index (χ1v) is 5.66. The summed E-state index contributed by atoms with van der Waals surface area (Å²) in [6.45, 7) is 3.36. The predicted molar refractivity (Wildman–Crippen MR) is 59.2 cm³/mol. The van der Waals surface area contributed by atoms with Gasteiger partial charge in [-0.25, -0.2) is 0 Å². The van der Waals surface area contributed by atoms with Gasteiger partial charge in [0, 0.05) is 25.5 Å². The zero-order valence-electron chi connectivity index (χ0n) is 9.16. The van der Waals surface area contributed by atoms with Gasteiger partial charge in [-0.05, 0) is 43.4 Å². The Morgan fingerprint density at radius 1 is 1.57 bits per heavy atom. The highest BCUT2D eigenvalue weighted by Gasteiger charge is 2.31. The van der Waals surface area contributed by atoms with Crippen LogP contribution in [0.4, 0.5) is 0 Å². The Kier molecular flexibility index (Phi) is 2.92. The molecule has 1 aliphatic rings. The number of aryl methyl sites for hydroxylation is 1. The van der Waals surface area contributed by atoms with Gasteiger partial charge in [-0.1, -0.05) is 6.92 Å². The van der Waals surface area contributed by atoms with Crippen molar-refractivity contribution in [3.05, 3.63) is 24.0 Å². The second kappa shape index (κ2) is 4.18. The molecule has 0 aliphatic heterocycles. The minimum absolute atomic E-state index is 0.608. The van der Waals surface area contributed by atoms with Gasteiger partial charge in [0.15, 0.2) is 0 Å². The molecule has 1 aliphatic carbocycles. The molecule has 0 spiro atoms. The Morgan fingerprint density at radius 3 is 2.86 bits per heavy atom. The molecule has 78 valence electrons. The maximum Gasteiger partial charge on any atom is 0.0363 e. The third-order valence-electron chi connectivity index (χ3n) is 2.92. The molecule has 0 bridgehead atoms. The monoisotopic (exact) mass is 192 g/mol. The summed E-state index contributed by atoms with van der Waals surface area (Å²) < 4.78 is 2.14. The van der Waals surface area contributed by atoms with Crippen molar-refractivity contribution in [2.75, 3.05) is 6.54 Å². The van der Waals surface area contributed by atoms with Gasteiger partial charge in [0.25, 0.3) is 0 Å². The number of nitrogens with zero attached hydrogens (tertiary/aromatic N) is 1. The van der Waals surface area contributed by atoms with Crippen molar-refractivity contribution < 1.29 is 0 Å². The average molecular weight is 192 g/mol. The molecular weight excluding hydrogens is 172 g/mol. The lowest BCUT2D eigenvalue weighted by atomic mass is 10.1. The minimum atomic E-state index is 0.608. The van der Waals surface area contributed by atoms with E-state index in [-0.39, 0.29) is 0 Å². The van der Waals surface area contributed by atoms with Gasteiger partial charge in [0.2, 0.25) is 0 Å². The Balaban J connectivity index is 2.02. The molecule has 0 saturated heterocycles. The van der Waals surface area contributed by atoms with Crippen molar-refractivity contribution in [3.63, 3.8) is 0 Å². The van der Waals surface area contributed by atoms with Gasteiger partial charge in [-0.2, -0.15) is 0 Å². The van der Waals surface area contributed by atoms with Crippen molar-refractivity contribution >= 4 is 0 Å². The summed E-state index contributed by atoms with van der Waals surface area (Å²) in [7, 11) is 2.09. The fourth-order valence-corrected chi connectivity index (χ4v) is 1.99. The van der Waals surface area contributed by atoms with Gasteiger partial charge >= 0.3 is 0 Å².